The van der Waals surface area contributed by atoms with Crippen LogP contribution in [0.5, 0.6) is 11.5 Å². The van der Waals surface area contributed by atoms with E-state index < -0.39 is 30.3 Å². The molecule has 0 saturated carbocycles. The summed E-state index contributed by atoms with van der Waals surface area (Å²) in [6, 6.07) is 3.76. The highest BCUT2D eigenvalue weighted by Crippen LogP contribution is 2.36. The quantitative estimate of drug-likeness (QED) is 0.179. The van der Waals surface area contributed by atoms with Crippen LogP contribution in [0.15, 0.2) is 23.1 Å². The summed E-state index contributed by atoms with van der Waals surface area (Å²) in [6.45, 7) is 6.53. The smallest absolute Gasteiger partial charge is 0.327 e. The molecule has 8 nitrogen and oxygen atoms in total. The molecule has 2 rings (SSSR count). The maximum absolute atomic E-state index is 12.9. The summed E-state index contributed by atoms with van der Waals surface area (Å²) < 4.78 is 11.9. The number of thiocarbonyl (C=S) groups is 1. The Bertz CT molecular complexity index is 963. The molecular formula is C25H33NO7S2. The number of amides is 1. The van der Waals surface area contributed by atoms with Gasteiger partial charge in [0, 0.05) is 0 Å². The highest BCUT2D eigenvalue weighted by Gasteiger charge is 2.41. The lowest BCUT2D eigenvalue weighted by Crippen LogP contribution is -2.45. The van der Waals surface area contributed by atoms with Crippen molar-refractivity contribution in [3.05, 3.63) is 28.7 Å². The van der Waals surface area contributed by atoms with Gasteiger partial charge in [0.2, 0.25) is 0 Å². The number of rotatable bonds is 15. The summed E-state index contributed by atoms with van der Waals surface area (Å²) in [5.41, 5.74) is 0.652. The molecule has 192 valence electrons. The van der Waals surface area contributed by atoms with E-state index >= 15 is 0 Å². The van der Waals surface area contributed by atoms with Crippen molar-refractivity contribution in [2.24, 2.45) is 0 Å². The van der Waals surface area contributed by atoms with Gasteiger partial charge in [0.05, 0.1) is 24.0 Å². The maximum atomic E-state index is 12.9. The predicted octanol–water partition coefficient (Wildman–Crippen LogP) is 5.34. The van der Waals surface area contributed by atoms with Crippen molar-refractivity contribution in [1.82, 2.24) is 4.90 Å². The monoisotopic (exact) mass is 523 g/mol. The van der Waals surface area contributed by atoms with E-state index in [-0.39, 0.29) is 15.3 Å². The second-order valence-corrected chi connectivity index (χ2v) is 9.95. The Hall–Kier alpha value is -2.59. The Morgan fingerprint density at radius 2 is 1.86 bits per heavy atom. The standard InChI is InChI=1S/C25H33NO7S2/c1-4-6-7-8-9-10-16(3)33-19-12-11-17(13-20(19)32-5-2)14-21-23(29)26(25(34)35-21)18(24(30)31)15-22(27)28/h11-14,16,18H,4-10,15H2,1-3H3,(H,27,28)(H,30,31)/b21-14+/t16-,18-/m1/s1. The van der Waals surface area contributed by atoms with Gasteiger partial charge in [-0.3, -0.25) is 14.5 Å². The van der Waals surface area contributed by atoms with E-state index in [2.05, 4.69) is 6.92 Å². The minimum Gasteiger partial charge on any atom is -0.490 e. The van der Waals surface area contributed by atoms with Crippen LogP contribution in [-0.4, -0.2) is 56.0 Å². The molecule has 0 spiro atoms. The summed E-state index contributed by atoms with van der Waals surface area (Å²) in [7, 11) is 0. The van der Waals surface area contributed by atoms with Gasteiger partial charge in [-0.05, 0) is 50.5 Å². The zero-order valence-corrected chi connectivity index (χ0v) is 22.0. The van der Waals surface area contributed by atoms with Gasteiger partial charge in [-0.25, -0.2) is 4.79 Å². The van der Waals surface area contributed by atoms with Gasteiger partial charge < -0.3 is 19.7 Å². The van der Waals surface area contributed by atoms with Crippen molar-refractivity contribution < 1.29 is 34.1 Å². The third-order valence-corrected chi connectivity index (χ3v) is 6.73. The number of thioether (sulfide) groups is 1. The van der Waals surface area contributed by atoms with Crippen LogP contribution in [0.2, 0.25) is 0 Å². The average molecular weight is 524 g/mol. The molecule has 0 unspecified atom stereocenters. The Kier molecular flexibility index (Phi) is 11.5. The minimum absolute atomic E-state index is 0.00708. The van der Waals surface area contributed by atoms with Crippen LogP contribution in [0, 0.1) is 0 Å². The van der Waals surface area contributed by atoms with Crippen LogP contribution in [0.4, 0.5) is 0 Å². The van der Waals surface area contributed by atoms with Gasteiger partial charge in [0.25, 0.3) is 5.91 Å². The number of hydrogen-bond acceptors (Lipinski definition) is 7. The normalized spacial score (nSPS) is 16.4. The molecule has 35 heavy (non-hydrogen) atoms. The molecule has 10 heteroatoms. The summed E-state index contributed by atoms with van der Waals surface area (Å²) >= 11 is 6.12. The molecule has 1 aromatic rings. The summed E-state index contributed by atoms with van der Waals surface area (Å²) in [5.74, 6) is -2.23. The van der Waals surface area contributed by atoms with Gasteiger partial charge in [-0.15, -0.1) is 0 Å². The average Bonchev–Trinajstić information content (AvgIpc) is 3.06. The molecule has 1 fully saturated rings. The second-order valence-electron chi connectivity index (χ2n) is 8.27. The molecule has 0 aliphatic carbocycles. The number of nitrogens with zero attached hydrogens (tertiary/aromatic N) is 1. The fourth-order valence-electron chi connectivity index (χ4n) is 3.65. The number of ether oxygens (including phenoxy) is 2. The van der Waals surface area contributed by atoms with Crippen molar-refractivity contribution >= 4 is 52.2 Å². The van der Waals surface area contributed by atoms with Crippen LogP contribution in [0.3, 0.4) is 0 Å². The van der Waals surface area contributed by atoms with Crippen molar-refractivity contribution in [2.45, 2.75) is 77.9 Å². The molecule has 1 amide bonds. The maximum Gasteiger partial charge on any atom is 0.327 e. The molecule has 1 saturated heterocycles. The fraction of sp³-hybridized carbons (Fsp3) is 0.520. The number of carboxylic acids is 2. The van der Waals surface area contributed by atoms with E-state index in [1.165, 1.54) is 25.7 Å². The molecule has 1 aliphatic rings. The lowest BCUT2D eigenvalue weighted by Gasteiger charge is -2.21. The zero-order valence-electron chi connectivity index (χ0n) is 20.3. The van der Waals surface area contributed by atoms with Crippen molar-refractivity contribution in [3.63, 3.8) is 0 Å². The Morgan fingerprint density at radius 1 is 1.14 bits per heavy atom. The third kappa shape index (κ3) is 8.54. The number of benzene rings is 1. The highest BCUT2D eigenvalue weighted by atomic mass is 32.2. The zero-order chi connectivity index (χ0) is 26.0. The molecule has 1 aliphatic heterocycles. The molecular weight excluding hydrogens is 490 g/mol. The molecule has 2 atom stereocenters. The molecule has 2 N–H and O–H groups in total. The van der Waals surface area contributed by atoms with Crippen LogP contribution < -0.4 is 9.47 Å². The van der Waals surface area contributed by atoms with Crippen LogP contribution >= 0.6 is 24.0 Å². The highest BCUT2D eigenvalue weighted by molar-refractivity contribution is 8.26. The predicted molar refractivity (Wildman–Crippen MR) is 140 cm³/mol. The molecule has 0 bridgehead atoms. The summed E-state index contributed by atoms with van der Waals surface area (Å²) in [5, 5.41) is 18.4. The molecule has 0 radical (unpaired) electrons. The number of carboxylic acid groups (broad SMARTS) is 2. The summed E-state index contributed by atoms with van der Waals surface area (Å²) in [4.78, 5) is 36.6. The Balaban J connectivity index is 2.16. The van der Waals surface area contributed by atoms with Gasteiger partial charge in [0.15, 0.2) is 11.5 Å². The molecule has 1 heterocycles. The number of aliphatic carboxylic acids is 2. The lowest BCUT2D eigenvalue weighted by atomic mass is 10.1. The molecule has 0 aromatic heterocycles. The van der Waals surface area contributed by atoms with Gasteiger partial charge >= 0.3 is 11.9 Å². The van der Waals surface area contributed by atoms with Crippen molar-refractivity contribution in [1.29, 1.82) is 0 Å². The van der Waals surface area contributed by atoms with Gasteiger partial charge in [0.1, 0.15) is 10.4 Å². The molecule has 1 aromatic carbocycles. The van der Waals surface area contributed by atoms with Crippen LogP contribution in [0.1, 0.15) is 71.3 Å². The van der Waals surface area contributed by atoms with Gasteiger partial charge in [-0.2, -0.15) is 0 Å². The van der Waals surface area contributed by atoms with Crippen LogP contribution in [0.25, 0.3) is 6.08 Å². The topological polar surface area (TPSA) is 113 Å². The van der Waals surface area contributed by atoms with Crippen molar-refractivity contribution in [2.75, 3.05) is 6.61 Å². The Labute approximate surface area is 215 Å². The van der Waals surface area contributed by atoms with E-state index in [1.54, 1.807) is 24.3 Å². The van der Waals surface area contributed by atoms with E-state index in [1.807, 2.05) is 13.8 Å². The van der Waals surface area contributed by atoms with Crippen LogP contribution in [-0.2, 0) is 14.4 Å². The number of carbonyl (C=O) groups is 3. The summed E-state index contributed by atoms with van der Waals surface area (Å²) in [6.07, 6.45) is 7.80. The lowest BCUT2D eigenvalue weighted by molar-refractivity contribution is -0.150. The van der Waals surface area contributed by atoms with E-state index in [4.69, 9.17) is 26.8 Å². The first-order valence-corrected chi connectivity index (χ1v) is 13.1. The van der Waals surface area contributed by atoms with Crippen molar-refractivity contribution in [3.8, 4) is 11.5 Å². The van der Waals surface area contributed by atoms with Gasteiger partial charge in [-0.1, -0.05) is 62.7 Å². The fourth-order valence-corrected chi connectivity index (χ4v) is 5.00. The largest absolute Gasteiger partial charge is 0.490 e. The first-order valence-electron chi connectivity index (χ1n) is 11.8. The Morgan fingerprint density at radius 3 is 2.49 bits per heavy atom. The first kappa shape index (κ1) is 28.6. The third-order valence-electron chi connectivity index (χ3n) is 5.40. The number of unbranched alkanes of at least 4 members (excludes halogenated alkanes) is 4. The minimum atomic E-state index is -1.57. The second kappa shape index (κ2) is 14.1. The SMILES string of the molecule is CCCCCCC[C@@H](C)Oc1ccc(/C=C2/SC(=S)N([C@H](CC(=O)O)C(=O)O)C2=O)cc1OCC. The first-order chi connectivity index (χ1) is 16.7. The number of carbonyl (C=O) groups excluding carboxylic acids is 1. The number of hydrogen-bond donors (Lipinski definition) is 2. The van der Waals surface area contributed by atoms with E-state index in [0.717, 1.165) is 29.5 Å². The van der Waals surface area contributed by atoms with E-state index in [9.17, 15) is 19.5 Å². The van der Waals surface area contributed by atoms with E-state index in [0.29, 0.717) is 23.7 Å².